The molecule has 135 valence electrons. The number of halogens is 3. The Labute approximate surface area is 171 Å². The van der Waals surface area contributed by atoms with Crippen molar-refractivity contribution in [1.82, 2.24) is 10.2 Å². The summed E-state index contributed by atoms with van der Waals surface area (Å²) in [6.07, 6.45) is 5.52. The second-order valence-corrected chi connectivity index (χ2v) is 8.79. The van der Waals surface area contributed by atoms with Crippen molar-refractivity contribution in [1.29, 1.82) is 0 Å². The molecule has 1 aliphatic rings. The fourth-order valence-electron chi connectivity index (χ4n) is 2.38. The number of nitrogens with zero attached hydrogens (tertiary/aromatic N) is 2. The van der Waals surface area contributed by atoms with Crippen LogP contribution in [0.1, 0.15) is 24.8 Å². The van der Waals surface area contributed by atoms with E-state index in [1.165, 1.54) is 12.5 Å². The molecule has 1 heterocycles. The van der Waals surface area contributed by atoms with Gasteiger partial charge in [-0.3, -0.25) is 0 Å². The summed E-state index contributed by atoms with van der Waals surface area (Å²) in [7, 11) is 0. The van der Waals surface area contributed by atoms with Crippen molar-refractivity contribution >= 4 is 67.5 Å². The van der Waals surface area contributed by atoms with Gasteiger partial charge in [0, 0.05) is 0 Å². The zero-order valence-electron chi connectivity index (χ0n) is 13.5. The maximum atomic E-state index is 12.2. The standard InChI is InChI=1S/C17H19Cl3N3OSe/c18-17(19,20)15(22-16(25)23-11-5-2-6-12-23)21-14(24)10-9-13-7-3-1-4-8-13/h1,3-4,7-10,15H,2,5-6,11-12H2,(H,21,24)/b10-9+,22-16?. The van der Waals surface area contributed by atoms with E-state index in [-0.39, 0.29) is 5.91 Å². The van der Waals surface area contributed by atoms with Gasteiger partial charge in [0.15, 0.2) is 0 Å². The van der Waals surface area contributed by atoms with Crippen LogP contribution in [0.4, 0.5) is 0 Å². The number of amidine groups is 1. The van der Waals surface area contributed by atoms with Crippen molar-refractivity contribution in [2.24, 2.45) is 4.99 Å². The number of hydrogen-bond acceptors (Lipinski definition) is 2. The molecule has 2 rings (SSSR count). The topological polar surface area (TPSA) is 44.7 Å². The molecule has 0 spiro atoms. The predicted octanol–water partition coefficient (Wildman–Crippen LogP) is 3.52. The van der Waals surface area contributed by atoms with Crippen LogP contribution in [0.15, 0.2) is 41.4 Å². The van der Waals surface area contributed by atoms with Crippen LogP contribution in [0.25, 0.3) is 6.08 Å². The van der Waals surface area contributed by atoms with E-state index in [0.29, 0.717) is 4.73 Å². The summed E-state index contributed by atoms with van der Waals surface area (Å²) >= 11 is 20.9. The van der Waals surface area contributed by atoms with Crippen LogP contribution in [-0.2, 0) is 4.79 Å². The fraction of sp³-hybridized carbons (Fsp3) is 0.412. The van der Waals surface area contributed by atoms with Crippen LogP contribution in [0, 0.1) is 0 Å². The minimum atomic E-state index is -1.75. The monoisotopic (exact) mass is 466 g/mol. The third-order valence-corrected chi connectivity index (χ3v) is 5.06. The molecule has 0 aromatic heterocycles. The summed E-state index contributed by atoms with van der Waals surface area (Å²) in [4.78, 5) is 18.7. The van der Waals surface area contributed by atoms with Crippen molar-refractivity contribution in [3.63, 3.8) is 0 Å². The van der Waals surface area contributed by atoms with Crippen LogP contribution in [-0.4, -0.2) is 54.6 Å². The third kappa shape index (κ3) is 7.20. The average Bonchev–Trinajstić information content (AvgIpc) is 2.60. The van der Waals surface area contributed by atoms with Crippen molar-refractivity contribution < 1.29 is 4.79 Å². The number of alkyl halides is 3. The molecule has 1 radical (unpaired) electrons. The number of carbonyl (C=O) groups is 1. The molecule has 25 heavy (non-hydrogen) atoms. The fourth-order valence-corrected chi connectivity index (χ4v) is 3.30. The number of nitrogens with one attached hydrogen (secondary N) is 1. The van der Waals surface area contributed by atoms with Crippen LogP contribution < -0.4 is 5.32 Å². The second-order valence-electron chi connectivity index (χ2n) is 5.66. The van der Waals surface area contributed by atoms with E-state index < -0.39 is 9.96 Å². The van der Waals surface area contributed by atoms with Crippen LogP contribution >= 0.6 is 34.8 Å². The SMILES string of the molecule is O=C(/C=C/c1ccccc1)NC(N=C([Se])N1CCCCC1)C(Cl)(Cl)Cl. The van der Waals surface area contributed by atoms with Crippen molar-refractivity contribution in [3.8, 4) is 0 Å². The molecule has 1 aromatic rings. The van der Waals surface area contributed by atoms with Gasteiger partial charge in [-0.15, -0.1) is 0 Å². The van der Waals surface area contributed by atoms with Crippen LogP contribution in [0.2, 0.25) is 0 Å². The van der Waals surface area contributed by atoms with E-state index in [2.05, 4.69) is 31.2 Å². The van der Waals surface area contributed by atoms with Crippen molar-refractivity contribution in [3.05, 3.63) is 42.0 Å². The first-order chi connectivity index (χ1) is 11.9. The number of likely N-dealkylation sites (tertiary alicyclic amines) is 1. The number of piperidine rings is 1. The first kappa shape index (κ1) is 20.6. The normalized spacial score (nSPS) is 17.6. The summed E-state index contributed by atoms with van der Waals surface area (Å²) in [5.41, 5.74) is 0.907. The molecule has 1 amide bonds. The van der Waals surface area contributed by atoms with E-state index in [1.54, 1.807) is 6.08 Å². The summed E-state index contributed by atoms with van der Waals surface area (Å²) in [6, 6.07) is 9.48. The Morgan fingerprint density at radius 2 is 1.84 bits per heavy atom. The maximum absolute atomic E-state index is 12.2. The average molecular weight is 467 g/mol. The molecule has 1 fully saturated rings. The molecule has 1 saturated heterocycles. The third-order valence-electron chi connectivity index (χ3n) is 3.68. The molecule has 4 nitrogen and oxygen atoms in total. The molecular formula is C17H19Cl3N3OSe. The number of hydrogen-bond donors (Lipinski definition) is 1. The van der Waals surface area contributed by atoms with E-state index in [1.807, 2.05) is 30.3 Å². The van der Waals surface area contributed by atoms with Gasteiger partial charge < -0.3 is 0 Å². The van der Waals surface area contributed by atoms with Crippen LogP contribution in [0.3, 0.4) is 0 Å². The summed E-state index contributed by atoms with van der Waals surface area (Å²) < 4.78 is -1.11. The van der Waals surface area contributed by atoms with Gasteiger partial charge in [-0.2, -0.15) is 0 Å². The molecule has 1 N–H and O–H groups in total. The van der Waals surface area contributed by atoms with Gasteiger partial charge in [0.2, 0.25) is 0 Å². The predicted molar refractivity (Wildman–Crippen MR) is 106 cm³/mol. The Kier molecular flexibility index (Phi) is 8.11. The Morgan fingerprint density at radius 3 is 2.44 bits per heavy atom. The molecule has 0 bridgehead atoms. The van der Waals surface area contributed by atoms with Gasteiger partial charge >= 0.3 is 172 Å². The summed E-state index contributed by atoms with van der Waals surface area (Å²) in [5, 5.41) is 2.64. The first-order valence-corrected chi connectivity index (χ1v) is 9.95. The quantitative estimate of drug-likeness (QED) is 0.243. The van der Waals surface area contributed by atoms with Gasteiger partial charge in [-0.1, -0.05) is 0 Å². The zero-order valence-corrected chi connectivity index (χ0v) is 17.5. The van der Waals surface area contributed by atoms with Crippen LogP contribution in [0.5, 0.6) is 0 Å². The number of benzene rings is 1. The first-order valence-electron chi connectivity index (χ1n) is 7.96. The number of rotatable bonds is 4. The van der Waals surface area contributed by atoms with Gasteiger partial charge in [-0.05, 0) is 0 Å². The van der Waals surface area contributed by atoms with E-state index in [0.717, 1.165) is 31.5 Å². The molecule has 8 heteroatoms. The molecule has 1 atom stereocenters. The minimum absolute atomic E-state index is 0.379. The Bertz CT molecular complexity index is 626. The van der Waals surface area contributed by atoms with Gasteiger partial charge in [0.05, 0.1) is 0 Å². The number of carbonyl (C=O) groups excluding carboxylic acids is 1. The van der Waals surface area contributed by atoms with Crippen molar-refractivity contribution in [2.75, 3.05) is 13.1 Å². The second kappa shape index (κ2) is 9.84. The summed E-state index contributed by atoms with van der Waals surface area (Å²) in [5.74, 6) is -0.379. The summed E-state index contributed by atoms with van der Waals surface area (Å²) in [6.45, 7) is 1.81. The van der Waals surface area contributed by atoms with Gasteiger partial charge in [-0.25, -0.2) is 0 Å². The zero-order chi connectivity index (χ0) is 18.3. The molecule has 1 aromatic carbocycles. The van der Waals surface area contributed by atoms with Gasteiger partial charge in [0.25, 0.3) is 0 Å². The van der Waals surface area contributed by atoms with Crippen molar-refractivity contribution in [2.45, 2.75) is 29.2 Å². The van der Waals surface area contributed by atoms with E-state index >= 15 is 0 Å². The van der Waals surface area contributed by atoms with E-state index in [9.17, 15) is 4.79 Å². The molecule has 1 unspecified atom stereocenters. The molecule has 0 saturated carbocycles. The Morgan fingerprint density at radius 1 is 1.20 bits per heavy atom. The molecular weight excluding hydrogens is 448 g/mol. The molecule has 0 aliphatic carbocycles. The Balaban J connectivity index is 2.04. The van der Waals surface area contributed by atoms with Gasteiger partial charge in [0.1, 0.15) is 0 Å². The Hall–Kier alpha value is -0.711. The number of aliphatic imine (C=N–C) groups is 1. The number of amides is 1. The molecule has 1 aliphatic heterocycles. The van der Waals surface area contributed by atoms with E-state index in [4.69, 9.17) is 34.8 Å².